The number of benzene rings is 2. The topological polar surface area (TPSA) is 104 Å². The van der Waals surface area contributed by atoms with Crippen molar-refractivity contribution in [2.24, 2.45) is 7.05 Å². The molecular formula is C29H33FN6O3. The first-order chi connectivity index (χ1) is 18.5. The quantitative estimate of drug-likeness (QED) is 0.308. The molecule has 0 spiro atoms. The summed E-state index contributed by atoms with van der Waals surface area (Å²) in [5, 5.41) is 10.9. The van der Waals surface area contributed by atoms with Gasteiger partial charge < -0.3 is 19.9 Å². The molecule has 39 heavy (non-hydrogen) atoms. The molecule has 3 amide bonds. The number of aromatic amines is 1. The predicted octanol–water partition coefficient (Wildman–Crippen LogP) is 5.67. The standard InChI is InChI=1S/C29H33FN6O3/c1-29(2,3)25-17-26(35(4)34-25)33-28(38)32-21-14-20(30)15-23(16-21)39-22-8-11-36(12-9-22)27(37)19-5-6-24-18(13-19)7-10-31-24/h5-7,10,13-17,22,31H,8-9,11-12H2,1-4H3,(H2,32,33,38). The summed E-state index contributed by atoms with van der Waals surface area (Å²) in [7, 11) is 1.75. The number of ether oxygens (including phenoxy) is 1. The van der Waals surface area contributed by atoms with Crippen LogP contribution in [0, 0.1) is 5.82 Å². The number of nitrogens with one attached hydrogen (secondary N) is 3. The number of likely N-dealkylation sites (tertiary alicyclic amines) is 1. The third-order valence-electron chi connectivity index (χ3n) is 6.85. The lowest BCUT2D eigenvalue weighted by Crippen LogP contribution is -2.41. The van der Waals surface area contributed by atoms with Crippen molar-refractivity contribution in [1.82, 2.24) is 19.7 Å². The minimum atomic E-state index is -0.522. The summed E-state index contributed by atoms with van der Waals surface area (Å²) in [4.78, 5) is 30.6. The van der Waals surface area contributed by atoms with Gasteiger partial charge in [-0.3, -0.25) is 14.8 Å². The minimum absolute atomic E-state index is 0.0113. The first-order valence-corrected chi connectivity index (χ1v) is 13.0. The minimum Gasteiger partial charge on any atom is -0.490 e. The van der Waals surface area contributed by atoms with Gasteiger partial charge in [0.25, 0.3) is 5.91 Å². The van der Waals surface area contributed by atoms with Gasteiger partial charge in [-0.05, 0) is 30.3 Å². The van der Waals surface area contributed by atoms with Gasteiger partial charge >= 0.3 is 6.03 Å². The highest BCUT2D eigenvalue weighted by molar-refractivity contribution is 5.99. The number of urea groups is 1. The van der Waals surface area contributed by atoms with Crippen molar-refractivity contribution >= 4 is 34.3 Å². The van der Waals surface area contributed by atoms with Gasteiger partial charge in [-0.1, -0.05) is 20.8 Å². The van der Waals surface area contributed by atoms with E-state index in [0.717, 1.165) is 16.6 Å². The van der Waals surface area contributed by atoms with Crippen molar-refractivity contribution in [3.8, 4) is 5.75 Å². The summed E-state index contributed by atoms with van der Waals surface area (Å²) in [5.74, 6) is 0.317. The lowest BCUT2D eigenvalue weighted by molar-refractivity contribution is 0.0595. The van der Waals surface area contributed by atoms with E-state index >= 15 is 0 Å². The Balaban J connectivity index is 1.17. The van der Waals surface area contributed by atoms with E-state index in [4.69, 9.17) is 4.74 Å². The summed E-state index contributed by atoms with van der Waals surface area (Å²) in [5.41, 5.74) is 2.60. The first kappa shape index (κ1) is 26.3. The molecule has 5 rings (SSSR count). The van der Waals surface area contributed by atoms with Crippen molar-refractivity contribution in [3.63, 3.8) is 0 Å². The highest BCUT2D eigenvalue weighted by atomic mass is 19.1. The lowest BCUT2D eigenvalue weighted by atomic mass is 9.92. The normalized spacial score (nSPS) is 14.4. The number of hydrogen-bond acceptors (Lipinski definition) is 4. The number of halogens is 1. The van der Waals surface area contributed by atoms with E-state index in [-0.39, 0.29) is 23.1 Å². The van der Waals surface area contributed by atoms with Crippen LogP contribution < -0.4 is 15.4 Å². The van der Waals surface area contributed by atoms with Gasteiger partial charge in [0.15, 0.2) is 0 Å². The molecule has 2 aromatic carbocycles. The largest absolute Gasteiger partial charge is 0.490 e. The summed E-state index contributed by atoms with van der Waals surface area (Å²) >= 11 is 0. The van der Waals surface area contributed by atoms with Crippen LogP contribution in [0.1, 0.15) is 49.7 Å². The van der Waals surface area contributed by atoms with Crippen LogP contribution in [0.4, 0.5) is 20.7 Å². The Morgan fingerprint density at radius 1 is 1.05 bits per heavy atom. The van der Waals surface area contributed by atoms with Crippen LogP contribution in [-0.4, -0.2) is 50.8 Å². The molecule has 204 valence electrons. The number of carbonyl (C=O) groups excluding carboxylic acids is 2. The van der Waals surface area contributed by atoms with E-state index in [1.807, 2.05) is 62.2 Å². The lowest BCUT2D eigenvalue weighted by Gasteiger charge is -2.32. The maximum Gasteiger partial charge on any atom is 0.324 e. The van der Waals surface area contributed by atoms with E-state index in [0.29, 0.717) is 43.1 Å². The van der Waals surface area contributed by atoms with Crippen LogP contribution in [0.2, 0.25) is 0 Å². The van der Waals surface area contributed by atoms with Crippen LogP contribution in [0.15, 0.2) is 54.7 Å². The van der Waals surface area contributed by atoms with E-state index in [1.165, 1.54) is 12.1 Å². The Hall–Kier alpha value is -4.34. The van der Waals surface area contributed by atoms with Gasteiger partial charge in [0.1, 0.15) is 23.5 Å². The van der Waals surface area contributed by atoms with Crippen LogP contribution in [0.5, 0.6) is 5.75 Å². The molecule has 1 aliphatic heterocycles. The number of aromatic nitrogens is 3. The van der Waals surface area contributed by atoms with Gasteiger partial charge in [-0.15, -0.1) is 0 Å². The third-order valence-corrected chi connectivity index (χ3v) is 6.85. The molecule has 3 N–H and O–H groups in total. The third kappa shape index (κ3) is 6.05. The number of nitrogens with zero attached hydrogens (tertiary/aromatic N) is 3. The Kier molecular flexibility index (Phi) is 7.03. The summed E-state index contributed by atoms with van der Waals surface area (Å²) in [6, 6.07) is 13.0. The summed E-state index contributed by atoms with van der Waals surface area (Å²) < 4.78 is 22.0. The number of carbonyl (C=O) groups is 2. The zero-order valence-corrected chi connectivity index (χ0v) is 22.5. The Labute approximate surface area is 226 Å². The highest BCUT2D eigenvalue weighted by Crippen LogP contribution is 2.26. The van der Waals surface area contributed by atoms with E-state index in [9.17, 15) is 14.0 Å². The molecule has 0 saturated carbocycles. The average Bonchev–Trinajstić information content (AvgIpc) is 3.49. The summed E-state index contributed by atoms with van der Waals surface area (Å²) in [6.45, 7) is 7.20. The molecule has 0 radical (unpaired) electrons. The van der Waals surface area contributed by atoms with Crippen molar-refractivity contribution in [2.75, 3.05) is 23.7 Å². The number of fused-ring (bicyclic) bond motifs is 1. The second kappa shape index (κ2) is 10.4. The molecular weight excluding hydrogens is 499 g/mol. The molecule has 0 unspecified atom stereocenters. The molecule has 2 aromatic heterocycles. The van der Waals surface area contributed by atoms with E-state index < -0.39 is 11.8 Å². The van der Waals surface area contributed by atoms with Crippen molar-refractivity contribution in [3.05, 3.63) is 71.8 Å². The number of piperidine rings is 1. The van der Waals surface area contributed by atoms with Gasteiger partial charge in [-0.2, -0.15) is 5.10 Å². The molecule has 4 aromatic rings. The Bertz CT molecular complexity index is 1510. The second-order valence-electron chi connectivity index (χ2n) is 10.9. The van der Waals surface area contributed by atoms with Crippen LogP contribution in [-0.2, 0) is 12.5 Å². The zero-order valence-electron chi connectivity index (χ0n) is 22.5. The molecule has 9 nitrogen and oxygen atoms in total. The van der Waals surface area contributed by atoms with Crippen molar-refractivity contribution in [1.29, 1.82) is 0 Å². The maximum atomic E-state index is 14.4. The number of H-pyrrole nitrogens is 1. The fourth-order valence-corrected chi connectivity index (χ4v) is 4.67. The molecule has 1 saturated heterocycles. The zero-order chi connectivity index (χ0) is 27.7. The number of rotatable bonds is 5. The number of hydrogen-bond donors (Lipinski definition) is 3. The summed E-state index contributed by atoms with van der Waals surface area (Å²) in [6.07, 6.45) is 2.92. The van der Waals surface area contributed by atoms with Crippen LogP contribution in [0.3, 0.4) is 0 Å². The predicted molar refractivity (Wildman–Crippen MR) is 149 cm³/mol. The molecule has 0 atom stereocenters. The average molecular weight is 533 g/mol. The molecule has 1 aliphatic rings. The van der Waals surface area contributed by atoms with Gasteiger partial charge in [-0.25, -0.2) is 9.18 Å². The van der Waals surface area contributed by atoms with Crippen molar-refractivity contribution in [2.45, 2.75) is 45.1 Å². The van der Waals surface area contributed by atoms with Crippen LogP contribution >= 0.6 is 0 Å². The van der Waals surface area contributed by atoms with Gasteiger partial charge in [0, 0.05) is 84.9 Å². The Morgan fingerprint density at radius 2 is 1.82 bits per heavy atom. The fraction of sp³-hybridized carbons (Fsp3) is 0.345. The fourth-order valence-electron chi connectivity index (χ4n) is 4.67. The van der Waals surface area contributed by atoms with E-state index in [1.54, 1.807) is 17.8 Å². The number of aryl methyl sites for hydroxylation is 1. The number of anilines is 2. The molecule has 3 heterocycles. The van der Waals surface area contributed by atoms with Gasteiger partial charge in [0.05, 0.1) is 5.69 Å². The second-order valence-corrected chi connectivity index (χ2v) is 10.9. The molecule has 10 heteroatoms. The monoisotopic (exact) mass is 532 g/mol. The smallest absolute Gasteiger partial charge is 0.324 e. The SMILES string of the molecule is Cn1nc(C(C)(C)C)cc1NC(=O)Nc1cc(F)cc(OC2CCN(C(=O)c3ccc4[nH]ccc4c3)CC2)c1. The van der Waals surface area contributed by atoms with Gasteiger partial charge in [0.2, 0.25) is 0 Å². The number of amides is 3. The van der Waals surface area contributed by atoms with Crippen molar-refractivity contribution < 1.29 is 18.7 Å². The molecule has 1 fully saturated rings. The first-order valence-electron chi connectivity index (χ1n) is 13.0. The Morgan fingerprint density at radius 3 is 2.54 bits per heavy atom. The maximum absolute atomic E-state index is 14.4. The molecule has 0 aliphatic carbocycles. The molecule has 0 bridgehead atoms. The highest BCUT2D eigenvalue weighted by Gasteiger charge is 2.25. The van der Waals surface area contributed by atoms with E-state index in [2.05, 4.69) is 20.7 Å². The van der Waals surface area contributed by atoms with Crippen LogP contribution in [0.25, 0.3) is 10.9 Å².